The first-order valence-electron chi connectivity index (χ1n) is 3.41. The smallest absolute Gasteiger partial charge is 0.221 e. The summed E-state index contributed by atoms with van der Waals surface area (Å²) in [6.07, 6.45) is 6.35. The lowest BCUT2D eigenvalue weighted by Gasteiger charge is -1.90. The van der Waals surface area contributed by atoms with Crippen LogP contribution in [0.25, 0.3) is 5.57 Å². The highest BCUT2D eigenvalue weighted by atomic mass is 16.3. The summed E-state index contributed by atoms with van der Waals surface area (Å²) in [4.78, 5) is 4.00. The summed E-state index contributed by atoms with van der Waals surface area (Å²) in [6, 6.07) is 0. The molecule has 2 heteroatoms. The van der Waals surface area contributed by atoms with Gasteiger partial charge in [-0.15, -0.1) is 0 Å². The first-order chi connectivity index (χ1) is 4.84. The zero-order chi connectivity index (χ0) is 7.40. The van der Waals surface area contributed by atoms with Gasteiger partial charge in [0.05, 0.1) is 6.20 Å². The van der Waals surface area contributed by atoms with Gasteiger partial charge in [0.25, 0.3) is 0 Å². The minimum atomic E-state index is 0.724. The van der Waals surface area contributed by atoms with E-state index in [0.29, 0.717) is 0 Å². The van der Waals surface area contributed by atoms with Gasteiger partial charge in [-0.05, 0) is 13.3 Å². The highest BCUT2D eigenvalue weighted by Gasteiger charge is 1.96. The normalized spacial score (nSPS) is 12.0. The number of oxazole rings is 1. The van der Waals surface area contributed by atoms with E-state index in [4.69, 9.17) is 4.42 Å². The quantitative estimate of drug-likeness (QED) is 0.625. The molecule has 1 heterocycles. The SMILES string of the molecule is CC/C=C(\C)c1ncco1. The predicted molar refractivity (Wildman–Crippen MR) is 40.4 cm³/mol. The largest absolute Gasteiger partial charge is 0.445 e. The Kier molecular flexibility index (Phi) is 2.26. The monoisotopic (exact) mass is 137 g/mol. The van der Waals surface area contributed by atoms with Crippen LogP contribution in [0.2, 0.25) is 0 Å². The predicted octanol–water partition coefficient (Wildman–Crippen LogP) is 2.49. The molecule has 0 aliphatic carbocycles. The Morgan fingerprint density at radius 1 is 1.80 bits per heavy atom. The highest BCUT2D eigenvalue weighted by Crippen LogP contribution is 2.10. The maximum Gasteiger partial charge on any atom is 0.221 e. The number of hydrogen-bond acceptors (Lipinski definition) is 2. The zero-order valence-electron chi connectivity index (χ0n) is 6.29. The van der Waals surface area contributed by atoms with Crippen molar-refractivity contribution in [1.29, 1.82) is 0 Å². The topological polar surface area (TPSA) is 26.0 Å². The van der Waals surface area contributed by atoms with Crippen molar-refractivity contribution >= 4 is 5.57 Å². The summed E-state index contributed by atoms with van der Waals surface area (Å²) in [6.45, 7) is 4.09. The minimum Gasteiger partial charge on any atom is -0.445 e. The molecular formula is C8H11NO. The lowest BCUT2D eigenvalue weighted by molar-refractivity contribution is 0.541. The molecular weight excluding hydrogens is 126 g/mol. The van der Waals surface area contributed by atoms with Gasteiger partial charge >= 0.3 is 0 Å². The molecule has 0 bridgehead atoms. The number of hydrogen-bond donors (Lipinski definition) is 0. The Hall–Kier alpha value is -1.05. The summed E-state index contributed by atoms with van der Waals surface area (Å²) in [5.41, 5.74) is 1.10. The second-order valence-corrected chi connectivity index (χ2v) is 2.13. The second kappa shape index (κ2) is 3.20. The first kappa shape index (κ1) is 7.06. The molecule has 0 N–H and O–H groups in total. The van der Waals surface area contributed by atoms with Crippen LogP contribution >= 0.6 is 0 Å². The van der Waals surface area contributed by atoms with E-state index in [-0.39, 0.29) is 0 Å². The van der Waals surface area contributed by atoms with Crippen molar-refractivity contribution in [3.63, 3.8) is 0 Å². The van der Waals surface area contributed by atoms with E-state index in [2.05, 4.69) is 18.0 Å². The molecule has 1 aromatic rings. The van der Waals surface area contributed by atoms with E-state index in [1.165, 1.54) is 0 Å². The van der Waals surface area contributed by atoms with Crippen LogP contribution in [0.1, 0.15) is 26.2 Å². The molecule has 2 nitrogen and oxygen atoms in total. The fourth-order valence-electron chi connectivity index (χ4n) is 0.812. The van der Waals surface area contributed by atoms with Gasteiger partial charge in [0.15, 0.2) is 0 Å². The van der Waals surface area contributed by atoms with Gasteiger partial charge in [-0.3, -0.25) is 0 Å². The van der Waals surface area contributed by atoms with Crippen molar-refractivity contribution in [1.82, 2.24) is 4.98 Å². The molecule has 1 rings (SSSR count). The van der Waals surface area contributed by atoms with Gasteiger partial charge in [-0.2, -0.15) is 0 Å². The van der Waals surface area contributed by atoms with E-state index >= 15 is 0 Å². The molecule has 10 heavy (non-hydrogen) atoms. The third kappa shape index (κ3) is 1.47. The molecule has 0 fully saturated rings. The average Bonchev–Trinajstić information content (AvgIpc) is 2.38. The van der Waals surface area contributed by atoms with Crippen LogP contribution in [-0.2, 0) is 0 Å². The van der Waals surface area contributed by atoms with Crippen LogP contribution in [0.4, 0.5) is 0 Å². The Bertz CT molecular complexity index is 211. The molecule has 0 aromatic carbocycles. The Morgan fingerprint density at radius 3 is 3.10 bits per heavy atom. The molecule has 54 valence electrons. The lowest BCUT2D eigenvalue weighted by Crippen LogP contribution is -1.76. The van der Waals surface area contributed by atoms with Crippen LogP contribution < -0.4 is 0 Å². The number of nitrogens with zero attached hydrogens (tertiary/aromatic N) is 1. The standard InChI is InChI=1S/C8H11NO/c1-3-4-7(2)8-9-5-6-10-8/h4-6H,3H2,1-2H3/b7-4+. The molecule has 0 spiro atoms. The molecule has 0 saturated heterocycles. The molecule has 0 aliphatic rings. The van der Waals surface area contributed by atoms with Crippen molar-refractivity contribution in [2.75, 3.05) is 0 Å². The van der Waals surface area contributed by atoms with Crippen molar-refractivity contribution in [2.45, 2.75) is 20.3 Å². The summed E-state index contributed by atoms with van der Waals surface area (Å²) in [5.74, 6) is 0.724. The molecule has 0 aliphatic heterocycles. The van der Waals surface area contributed by atoms with Crippen LogP contribution in [-0.4, -0.2) is 4.98 Å². The fourth-order valence-corrected chi connectivity index (χ4v) is 0.812. The maximum absolute atomic E-state index is 5.07. The fraction of sp³-hybridized carbons (Fsp3) is 0.375. The Balaban J connectivity index is 2.77. The second-order valence-electron chi connectivity index (χ2n) is 2.13. The summed E-state index contributed by atoms with van der Waals surface area (Å²) < 4.78 is 5.07. The van der Waals surface area contributed by atoms with E-state index in [0.717, 1.165) is 17.9 Å². The van der Waals surface area contributed by atoms with Crippen molar-refractivity contribution in [2.24, 2.45) is 0 Å². The summed E-state index contributed by atoms with van der Waals surface area (Å²) in [5, 5.41) is 0. The van der Waals surface area contributed by atoms with Crippen molar-refractivity contribution in [3.8, 4) is 0 Å². The Labute approximate surface area is 60.6 Å². The van der Waals surface area contributed by atoms with Gasteiger partial charge in [-0.25, -0.2) is 4.98 Å². The summed E-state index contributed by atoms with van der Waals surface area (Å²) in [7, 11) is 0. The van der Waals surface area contributed by atoms with E-state index < -0.39 is 0 Å². The van der Waals surface area contributed by atoms with Crippen molar-refractivity contribution < 1.29 is 4.42 Å². The minimum absolute atomic E-state index is 0.724. The van der Waals surface area contributed by atoms with Crippen molar-refractivity contribution in [3.05, 3.63) is 24.4 Å². The highest BCUT2D eigenvalue weighted by molar-refractivity contribution is 5.55. The molecule has 0 unspecified atom stereocenters. The van der Waals surface area contributed by atoms with Gasteiger partial charge < -0.3 is 4.42 Å². The van der Waals surface area contributed by atoms with E-state index in [1.54, 1.807) is 12.5 Å². The number of rotatable bonds is 2. The lowest BCUT2D eigenvalue weighted by atomic mass is 10.2. The Morgan fingerprint density at radius 2 is 2.60 bits per heavy atom. The maximum atomic E-state index is 5.07. The van der Waals surface area contributed by atoms with Gasteiger partial charge in [0.1, 0.15) is 6.26 Å². The van der Waals surface area contributed by atoms with Gasteiger partial charge in [-0.1, -0.05) is 13.0 Å². The zero-order valence-corrected chi connectivity index (χ0v) is 6.29. The van der Waals surface area contributed by atoms with E-state index in [1.807, 2.05) is 6.92 Å². The molecule has 1 aromatic heterocycles. The number of allylic oxidation sites excluding steroid dienone is 2. The van der Waals surface area contributed by atoms with Crippen LogP contribution in [0.15, 0.2) is 23.0 Å². The van der Waals surface area contributed by atoms with Gasteiger partial charge in [0.2, 0.25) is 5.89 Å². The summed E-state index contributed by atoms with van der Waals surface area (Å²) >= 11 is 0. The van der Waals surface area contributed by atoms with E-state index in [9.17, 15) is 0 Å². The van der Waals surface area contributed by atoms with Gasteiger partial charge in [0, 0.05) is 5.57 Å². The third-order valence-electron chi connectivity index (χ3n) is 1.28. The first-order valence-corrected chi connectivity index (χ1v) is 3.41. The molecule has 0 amide bonds. The average molecular weight is 137 g/mol. The molecule has 0 radical (unpaired) electrons. The third-order valence-corrected chi connectivity index (χ3v) is 1.28. The van der Waals surface area contributed by atoms with Crippen LogP contribution in [0, 0.1) is 0 Å². The number of aromatic nitrogens is 1. The molecule has 0 saturated carbocycles. The van der Waals surface area contributed by atoms with Crippen LogP contribution in [0.3, 0.4) is 0 Å². The van der Waals surface area contributed by atoms with Crippen LogP contribution in [0.5, 0.6) is 0 Å². The molecule has 0 atom stereocenters.